The van der Waals surface area contributed by atoms with E-state index in [0.717, 1.165) is 29.5 Å². The van der Waals surface area contributed by atoms with E-state index in [2.05, 4.69) is 4.72 Å². The lowest BCUT2D eigenvalue weighted by atomic mass is 10.3. The fourth-order valence-corrected chi connectivity index (χ4v) is 4.28. The van der Waals surface area contributed by atoms with Gasteiger partial charge in [0, 0.05) is 0 Å². The molecule has 0 aliphatic carbocycles. The van der Waals surface area contributed by atoms with E-state index in [-0.39, 0.29) is 20.6 Å². The predicted molar refractivity (Wildman–Crippen MR) is 78.5 cm³/mol. The van der Waals surface area contributed by atoms with Crippen LogP contribution in [0.3, 0.4) is 0 Å². The van der Waals surface area contributed by atoms with Crippen LogP contribution in [0.1, 0.15) is 9.67 Å². The summed E-state index contributed by atoms with van der Waals surface area (Å²) in [6.45, 7) is 0. The summed E-state index contributed by atoms with van der Waals surface area (Å²) in [5, 5.41) is 9.56. The number of sulfonamides is 1. The molecule has 1 heterocycles. The Morgan fingerprint density at radius 1 is 1.29 bits per heavy atom. The Balaban J connectivity index is 2.43. The number of rotatable bonds is 4. The molecule has 0 aliphatic rings. The third kappa shape index (κ3) is 3.29. The topological polar surface area (TPSA) is 83.5 Å². The number of anilines is 1. The lowest BCUT2D eigenvalue weighted by Crippen LogP contribution is -2.15. The highest BCUT2D eigenvalue weighted by Gasteiger charge is 2.24. The number of carbonyl (C=O) groups is 1. The number of hydrogen-bond acceptors (Lipinski definition) is 4. The number of carboxylic acid groups (broad SMARTS) is 1. The zero-order valence-electron chi connectivity index (χ0n) is 9.93. The Kier molecular flexibility index (Phi) is 4.43. The summed E-state index contributed by atoms with van der Waals surface area (Å²) in [6.07, 6.45) is 0. The Bertz CT molecular complexity index is 796. The number of carboxylic acids is 1. The van der Waals surface area contributed by atoms with Crippen LogP contribution in [-0.2, 0) is 10.0 Å². The first-order valence-electron chi connectivity index (χ1n) is 5.20. The minimum atomic E-state index is -4.15. The monoisotopic (exact) mass is 369 g/mol. The summed E-state index contributed by atoms with van der Waals surface area (Å²) < 4.78 is 39.7. The van der Waals surface area contributed by atoms with Crippen LogP contribution in [-0.4, -0.2) is 19.5 Å². The highest BCUT2D eigenvalue weighted by molar-refractivity contribution is 7.93. The van der Waals surface area contributed by atoms with Gasteiger partial charge in [-0.25, -0.2) is 17.6 Å². The molecule has 0 saturated heterocycles. The van der Waals surface area contributed by atoms with Gasteiger partial charge in [0.05, 0.1) is 15.7 Å². The van der Waals surface area contributed by atoms with Gasteiger partial charge < -0.3 is 5.11 Å². The van der Waals surface area contributed by atoms with Gasteiger partial charge in [-0.15, -0.1) is 11.3 Å². The number of benzene rings is 1. The fraction of sp³-hybridized carbons (Fsp3) is 0. The zero-order chi connectivity index (χ0) is 15.8. The normalized spacial score (nSPS) is 11.4. The van der Waals surface area contributed by atoms with Crippen LogP contribution in [0.5, 0.6) is 0 Å². The van der Waals surface area contributed by atoms with Gasteiger partial charge in [0.1, 0.15) is 9.77 Å². The van der Waals surface area contributed by atoms with Crippen LogP contribution < -0.4 is 4.72 Å². The summed E-state index contributed by atoms with van der Waals surface area (Å²) in [7, 11) is -4.15. The van der Waals surface area contributed by atoms with E-state index in [4.69, 9.17) is 28.3 Å². The van der Waals surface area contributed by atoms with Crippen LogP contribution in [0.25, 0.3) is 0 Å². The molecule has 0 atom stereocenters. The maximum absolute atomic E-state index is 13.3. The van der Waals surface area contributed by atoms with Crippen molar-refractivity contribution >= 4 is 56.2 Å². The minimum Gasteiger partial charge on any atom is -0.477 e. The van der Waals surface area contributed by atoms with Crippen LogP contribution in [0.4, 0.5) is 10.1 Å². The molecule has 2 N–H and O–H groups in total. The maximum Gasteiger partial charge on any atom is 0.347 e. The summed E-state index contributed by atoms with van der Waals surface area (Å²) in [6, 6.07) is 3.23. The molecule has 0 saturated carbocycles. The lowest BCUT2D eigenvalue weighted by Gasteiger charge is -2.09. The second-order valence-electron chi connectivity index (χ2n) is 3.78. The van der Waals surface area contributed by atoms with E-state index >= 15 is 0 Å². The largest absolute Gasteiger partial charge is 0.477 e. The van der Waals surface area contributed by atoms with Crippen molar-refractivity contribution < 1.29 is 22.7 Å². The predicted octanol–water partition coefficient (Wildman–Crippen LogP) is 3.69. The van der Waals surface area contributed by atoms with E-state index in [1.807, 2.05) is 0 Å². The second-order valence-corrected chi connectivity index (χ2v) is 7.16. The Hall–Kier alpha value is -1.35. The van der Waals surface area contributed by atoms with Gasteiger partial charge in [0.25, 0.3) is 10.0 Å². The van der Waals surface area contributed by atoms with Crippen LogP contribution in [0.2, 0.25) is 10.0 Å². The van der Waals surface area contributed by atoms with Gasteiger partial charge >= 0.3 is 5.97 Å². The molecule has 0 unspecified atom stereocenters. The summed E-state index contributed by atoms with van der Waals surface area (Å²) in [5.41, 5.74) is -0.0751. The molecule has 2 aromatic rings. The first kappa shape index (κ1) is 16.0. The van der Waals surface area contributed by atoms with Gasteiger partial charge in [-0.2, -0.15) is 0 Å². The van der Waals surface area contributed by atoms with Crippen molar-refractivity contribution in [3.63, 3.8) is 0 Å². The van der Waals surface area contributed by atoms with Crippen molar-refractivity contribution in [2.24, 2.45) is 0 Å². The molecule has 112 valence electrons. The van der Waals surface area contributed by atoms with Crippen LogP contribution >= 0.6 is 34.5 Å². The third-order valence-corrected chi connectivity index (χ3v) is 5.35. The average Bonchev–Trinajstić information content (AvgIpc) is 2.85. The third-order valence-electron chi connectivity index (χ3n) is 2.35. The molecule has 0 radical (unpaired) electrons. The SMILES string of the molecule is O=C(O)c1sccc1S(=O)(=O)Nc1cc(Cl)c(F)c(Cl)c1. The molecule has 0 fully saturated rings. The van der Waals surface area contributed by atoms with E-state index in [0.29, 0.717) is 0 Å². The molecule has 21 heavy (non-hydrogen) atoms. The molecule has 0 amide bonds. The Morgan fingerprint density at radius 3 is 2.38 bits per heavy atom. The molecule has 1 aromatic carbocycles. The second kappa shape index (κ2) is 5.80. The summed E-state index contributed by atoms with van der Waals surface area (Å²) in [5.74, 6) is -2.23. The number of nitrogens with one attached hydrogen (secondary N) is 1. The first-order valence-corrected chi connectivity index (χ1v) is 8.32. The van der Waals surface area contributed by atoms with E-state index in [1.165, 1.54) is 5.38 Å². The molecule has 0 bridgehead atoms. The molecule has 2 rings (SSSR count). The van der Waals surface area contributed by atoms with Crippen molar-refractivity contribution in [1.29, 1.82) is 0 Å². The standard InChI is InChI=1S/C11H6Cl2FNO4S2/c12-6-3-5(4-7(13)9(6)14)15-21(18,19)8-1-2-20-10(8)11(16)17/h1-4,15H,(H,16,17). The Morgan fingerprint density at radius 2 is 1.86 bits per heavy atom. The van der Waals surface area contributed by atoms with Gasteiger partial charge in [-0.3, -0.25) is 4.72 Å². The Labute approximate surface area is 133 Å². The number of thiophene rings is 1. The number of hydrogen-bond donors (Lipinski definition) is 2. The van der Waals surface area contributed by atoms with Crippen molar-refractivity contribution in [3.05, 3.63) is 44.3 Å². The molecular weight excluding hydrogens is 364 g/mol. The quantitative estimate of drug-likeness (QED) is 0.804. The van der Waals surface area contributed by atoms with Gasteiger partial charge in [0.15, 0.2) is 5.82 Å². The first-order chi connectivity index (χ1) is 9.72. The number of aromatic carboxylic acids is 1. The van der Waals surface area contributed by atoms with Crippen molar-refractivity contribution in [2.75, 3.05) is 4.72 Å². The van der Waals surface area contributed by atoms with Crippen LogP contribution in [0.15, 0.2) is 28.5 Å². The van der Waals surface area contributed by atoms with E-state index < -0.39 is 26.7 Å². The van der Waals surface area contributed by atoms with Crippen LogP contribution in [0, 0.1) is 5.82 Å². The molecule has 1 aromatic heterocycles. The minimum absolute atomic E-state index is 0.0751. The van der Waals surface area contributed by atoms with Crippen molar-refractivity contribution in [2.45, 2.75) is 4.90 Å². The fourth-order valence-electron chi connectivity index (χ4n) is 1.49. The summed E-state index contributed by atoms with van der Waals surface area (Å²) in [4.78, 5) is 10.2. The van der Waals surface area contributed by atoms with E-state index in [9.17, 15) is 17.6 Å². The maximum atomic E-state index is 13.3. The smallest absolute Gasteiger partial charge is 0.347 e. The molecule has 5 nitrogen and oxygen atoms in total. The van der Waals surface area contributed by atoms with Gasteiger partial charge in [0.2, 0.25) is 0 Å². The van der Waals surface area contributed by atoms with E-state index in [1.54, 1.807) is 0 Å². The average molecular weight is 370 g/mol. The molecule has 10 heteroatoms. The van der Waals surface area contributed by atoms with Gasteiger partial charge in [-0.1, -0.05) is 23.2 Å². The zero-order valence-corrected chi connectivity index (χ0v) is 13.1. The summed E-state index contributed by atoms with van der Waals surface area (Å²) >= 11 is 11.9. The number of halogens is 3. The lowest BCUT2D eigenvalue weighted by molar-refractivity contribution is 0.0698. The molecular formula is C11H6Cl2FNO4S2. The highest BCUT2D eigenvalue weighted by Crippen LogP contribution is 2.30. The van der Waals surface area contributed by atoms with Gasteiger partial charge in [-0.05, 0) is 23.6 Å². The van der Waals surface area contributed by atoms with Crippen molar-refractivity contribution in [3.8, 4) is 0 Å². The highest BCUT2D eigenvalue weighted by atomic mass is 35.5. The molecule has 0 aliphatic heterocycles. The van der Waals surface area contributed by atoms with Crippen molar-refractivity contribution in [1.82, 2.24) is 0 Å². The molecule has 0 spiro atoms.